The highest BCUT2D eigenvalue weighted by atomic mass is 32.1. The first kappa shape index (κ1) is 9.03. The van der Waals surface area contributed by atoms with Gasteiger partial charge in [0.2, 0.25) is 0 Å². The fourth-order valence-corrected chi connectivity index (χ4v) is 2.87. The lowest BCUT2D eigenvalue weighted by molar-refractivity contribution is 0.133. The lowest BCUT2D eigenvalue weighted by atomic mass is 10.0. The largest absolute Gasteiger partial charge is 0.356 e. The van der Waals surface area contributed by atoms with Gasteiger partial charge in [-0.25, -0.2) is 5.11 Å². The van der Waals surface area contributed by atoms with Crippen molar-refractivity contribution >= 4 is 16.3 Å². The van der Waals surface area contributed by atoms with Crippen molar-refractivity contribution in [1.29, 1.82) is 0 Å². The molecule has 0 amide bonds. The van der Waals surface area contributed by atoms with Crippen molar-refractivity contribution in [3.8, 4) is 0 Å². The highest BCUT2D eigenvalue weighted by Crippen LogP contribution is 2.36. The first-order chi connectivity index (χ1) is 6.26. The smallest absolute Gasteiger partial charge is 0.105 e. The van der Waals surface area contributed by atoms with Crippen LogP contribution in [-0.4, -0.2) is 18.7 Å². The molecule has 1 fully saturated rings. The fourth-order valence-electron chi connectivity index (χ4n) is 1.97. The number of hydrogen-bond acceptors (Lipinski definition) is 2. The molecular formula is C10H14NOS. The summed E-state index contributed by atoms with van der Waals surface area (Å²) in [6.45, 7) is 3.12. The van der Waals surface area contributed by atoms with Crippen molar-refractivity contribution in [2.75, 3.05) is 18.1 Å². The first-order valence-electron chi connectivity index (χ1n) is 4.65. The summed E-state index contributed by atoms with van der Waals surface area (Å²) in [7, 11) is 0. The molecule has 13 heavy (non-hydrogen) atoms. The summed E-state index contributed by atoms with van der Waals surface area (Å²) < 4.78 is 0. The molecule has 71 valence electrons. The molecule has 3 heteroatoms. The maximum atomic E-state index is 11.1. The summed E-state index contributed by atoms with van der Waals surface area (Å²) in [5.41, 5.74) is -0.134. The number of rotatable bonds is 2. The molecule has 0 aliphatic carbocycles. The second-order valence-corrected chi connectivity index (χ2v) is 4.77. The van der Waals surface area contributed by atoms with E-state index in [1.807, 2.05) is 6.07 Å². The lowest BCUT2D eigenvalue weighted by Crippen LogP contribution is -2.43. The van der Waals surface area contributed by atoms with Gasteiger partial charge in [0, 0.05) is 6.54 Å². The van der Waals surface area contributed by atoms with E-state index < -0.39 is 0 Å². The Hall–Kier alpha value is -0.540. The minimum absolute atomic E-state index is 0.00486. The average Bonchev–Trinajstić information content (AvgIpc) is 2.73. The van der Waals surface area contributed by atoms with Crippen molar-refractivity contribution in [2.45, 2.75) is 25.3 Å². The Kier molecular flexibility index (Phi) is 2.30. The topological polar surface area (TPSA) is 23.1 Å². The van der Waals surface area contributed by atoms with Gasteiger partial charge < -0.3 is 4.90 Å². The van der Waals surface area contributed by atoms with Crippen LogP contribution in [-0.2, 0) is 5.11 Å². The Labute approximate surface area is 82.8 Å². The lowest BCUT2D eigenvalue weighted by Gasteiger charge is -2.33. The Morgan fingerprint density at radius 1 is 1.69 bits per heavy atom. The third kappa shape index (κ3) is 1.46. The Morgan fingerprint density at radius 3 is 3.15 bits per heavy atom. The van der Waals surface area contributed by atoms with Crippen molar-refractivity contribution in [1.82, 2.24) is 0 Å². The summed E-state index contributed by atoms with van der Waals surface area (Å²) in [6, 6.07) is 4.15. The van der Waals surface area contributed by atoms with Crippen LogP contribution < -0.4 is 4.90 Å². The van der Waals surface area contributed by atoms with Gasteiger partial charge in [-0.3, -0.25) is 0 Å². The van der Waals surface area contributed by atoms with Crippen LogP contribution in [0.5, 0.6) is 0 Å². The minimum Gasteiger partial charge on any atom is -0.356 e. The monoisotopic (exact) mass is 196 g/mol. The minimum atomic E-state index is -0.134. The number of anilines is 1. The van der Waals surface area contributed by atoms with E-state index in [-0.39, 0.29) is 12.1 Å². The second kappa shape index (κ2) is 3.31. The Bertz CT molecular complexity index is 272. The maximum absolute atomic E-state index is 11.1. The normalized spacial score (nSPS) is 28.3. The van der Waals surface area contributed by atoms with Gasteiger partial charge in [0.1, 0.15) is 6.61 Å². The summed E-state index contributed by atoms with van der Waals surface area (Å²) in [6.07, 6.45) is 2.19. The van der Waals surface area contributed by atoms with Crippen molar-refractivity contribution in [3.63, 3.8) is 0 Å². The van der Waals surface area contributed by atoms with Gasteiger partial charge >= 0.3 is 0 Å². The van der Waals surface area contributed by atoms with E-state index in [9.17, 15) is 5.11 Å². The standard InChI is InChI=1S/C10H14NOS/c1-10(8-12)5-3-6-11(10)9-4-2-7-13-9/h2,4,7H,3,5-6,8H2,1H3/t10-/m1/s1. The molecule has 0 N–H and O–H groups in total. The molecule has 0 spiro atoms. The van der Waals surface area contributed by atoms with Crippen LogP contribution in [0.2, 0.25) is 0 Å². The van der Waals surface area contributed by atoms with Gasteiger partial charge in [-0.2, -0.15) is 0 Å². The first-order valence-corrected chi connectivity index (χ1v) is 5.53. The summed E-state index contributed by atoms with van der Waals surface area (Å²) in [5, 5.41) is 14.4. The molecule has 1 aliphatic heterocycles. The SMILES string of the molecule is C[C@]1(C[O])CCCN1c1cccs1. The predicted molar refractivity (Wildman–Crippen MR) is 54.9 cm³/mol. The van der Waals surface area contributed by atoms with Crippen LogP contribution in [0.3, 0.4) is 0 Å². The van der Waals surface area contributed by atoms with E-state index in [2.05, 4.69) is 23.3 Å². The fraction of sp³-hybridized carbons (Fsp3) is 0.600. The molecular weight excluding hydrogens is 182 g/mol. The number of hydrogen-bond donors (Lipinski definition) is 0. The Morgan fingerprint density at radius 2 is 2.54 bits per heavy atom. The summed E-state index contributed by atoms with van der Waals surface area (Å²) in [5.74, 6) is 0. The maximum Gasteiger partial charge on any atom is 0.105 e. The van der Waals surface area contributed by atoms with E-state index >= 15 is 0 Å². The van der Waals surface area contributed by atoms with Crippen LogP contribution in [0.4, 0.5) is 5.00 Å². The van der Waals surface area contributed by atoms with Crippen LogP contribution >= 0.6 is 11.3 Å². The predicted octanol–water partition coefficient (Wildman–Crippen LogP) is 2.54. The molecule has 2 heterocycles. The molecule has 1 aromatic rings. The van der Waals surface area contributed by atoms with Gasteiger partial charge in [0.05, 0.1) is 10.5 Å². The third-order valence-corrected chi connectivity index (χ3v) is 3.72. The van der Waals surface area contributed by atoms with Gasteiger partial charge in [-0.1, -0.05) is 0 Å². The highest BCUT2D eigenvalue weighted by Gasteiger charge is 2.36. The van der Waals surface area contributed by atoms with Crippen molar-refractivity contribution in [3.05, 3.63) is 17.5 Å². The van der Waals surface area contributed by atoms with Crippen LogP contribution in [0.25, 0.3) is 0 Å². The molecule has 0 saturated carbocycles. The van der Waals surface area contributed by atoms with E-state index in [0.29, 0.717) is 0 Å². The molecule has 0 unspecified atom stereocenters. The molecule has 1 aliphatic rings. The van der Waals surface area contributed by atoms with Crippen LogP contribution in [0.1, 0.15) is 19.8 Å². The van der Waals surface area contributed by atoms with Gasteiger partial charge in [0.25, 0.3) is 0 Å². The van der Waals surface area contributed by atoms with Crippen molar-refractivity contribution < 1.29 is 5.11 Å². The van der Waals surface area contributed by atoms with E-state index in [1.54, 1.807) is 11.3 Å². The van der Waals surface area contributed by atoms with Gasteiger partial charge in [-0.15, -0.1) is 11.3 Å². The van der Waals surface area contributed by atoms with Gasteiger partial charge in [0.15, 0.2) is 0 Å². The molecule has 0 bridgehead atoms. The molecule has 0 aromatic carbocycles. The zero-order valence-corrected chi connectivity index (χ0v) is 8.64. The zero-order chi connectivity index (χ0) is 9.31. The van der Waals surface area contributed by atoms with E-state index in [4.69, 9.17) is 0 Å². The molecule has 1 atom stereocenters. The number of nitrogens with zero attached hydrogens (tertiary/aromatic N) is 1. The molecule has 1 aromatic heterocycles. The van der Waals surface area contributed by atoms with Crippen LogP contribution in [0, 0.1) is 0 Å². The molecule has 2 rings (SSSR count). The second-order valence-electron chi connectivity index (χ2n) is 3.85. The average molecular weight is 196 g/mol. The molecule has 1 saturated heterocycles. The van der Waals surface area contributed by atoms with E-state index in [1.165, 1.54) is 5.00 Å². The molecule has 2 nitrogen and oxygen atoms in total. The van der Waals surface area contributed by atoms with Gasteiger partial charge in [-0.05, 0) is 37.3 Å². The van der Waals surface area contributed by atoms with Crippen LogP contribution in [0.15, 0.2) is 17.5 Å². The Balaban J connectivity index is 2.24. The number of thiophene rings is 1. The summed E-state index contributed by atoms with van der Waals surface area (Å²) >= 11 is 1.72. The van der Waals surface area contributed by atoms with Crippen molar-refractivity contribution in [2.24, 2.45) is 0 Å². The van der Waals surface area contributed by atoms with E-state index in [0.717, 1.165) is 19.4 Å². The summed E-state index contributed by atoms with van der Waals surface area (Å²) in [4.78, 5) is 2.27. The highest BCUT2D eigenvalue weighted by molar-refractivity contribution is 7.14. The molecule has 1 radical (unpaired) electrons. The zero-order valence-electron chi connectivity index (χ0n) is 7.82. The third-order valence-electron chi connectivity index (χ3n) is 2.83. The quantitative estimate of drug-likeness (QED) is 0.713.